The zero-order chi connectivity index (χ0) is 9.84. The molecule has 0 aliphatic rings. The van der Waals surface area contributed by atoms with E-state index in [9.17, 15) is 4.79 Å². The molecule has 0 atom stereocenters. The fourth-order valence-corrected chi connectivity index (χ4v) is 1.94. The molecule has 70 valence electrons. The molecule has 0 bridgehead atoms. The van der Waals surface area contributed by atoms with E-state index in [1.54, 1.807) is 12.1 Å². The highest BCUT2D eigenvalue weighted by Crippen LogP contribution is 2.20. The Labute approximate surface area is 89.7 Å². The van der Waals surface area contributed by atoms with E-state index in [1.165, 1.54) is 0 Å². The zero-order valence-electron chi connectivity index (χ0n) is 6.76. The Morgan fingerprint density at radius 3 is 2.69 bits per heavy atom. The van der Waals surface area contributed by atoms with E-state index in [4.69, 9.17) is 16.7 Å². The maximum Gasteiger partial charge on any atom is 0.303 e. The number of aliphatic carboxylic acids is 1. The molecule has 4 heteroatoms. The molecule has 0 amide bonds. The first-order valence-corrected chi connectivity index (χ1v) is 4.92. The van der Waals surface area contributed by atoms with Gasteiger partial charge in [-0.25, -0.2) is 0 Å². The van der Waals surface area contributed by atoms with Gasteiger partial charge in [-0.15, -0.1) is 0 Å². The van der Waals surface area contributed by atoms with Crippen LogP contribution in [0.25, 0.3) is 0 Å². The van der Waals surface area contributed by atoms with Crippen LogP contribution in [0.1, 0.15) is 12.0 Å². The third-order valence-corrected chi connectivity index (χ3v) is 2.23. The van der Waals surface area contributed by atoms with Gasteiger partial charge in [0, 0.05) is 15.9 Å². The molecule has 1 rings (SSSR count). The lowest BCUT2D eigenvalue weighted by Crippen LogP contribution is -1.97. The summed E-state index contributed by atoms with van der Waals surface area (Å²) in [6.07, 6.45) is 0.640. The first kappa shape index (κ1) is 10.5. The quantitative estimate of drug-likeness (QED) is 0.910. The highest BCUT2D eigenvalue weighted by atomic mass is 79.9. The smallest absolute Gasteiger partial charge is 0.303 e. The maximum absolute atomic E-state index is 10.3. The number of rotatable bonds is 3. The van der Waals surface area contributed by atoms with E-state index in [2.05, 4.69) is 15.9 Å². The lowest BCUT2D eigenvalue weighted by atomic mass is 10.1. The standard InChI is InChI=1S/C9H8BrClO2/c10-7-3-6(1-2-9(12)13)4-8(11)5-7/h3-5H,1-2H2,(H,12,13). The van der Waals surface area contributed by atoms with E-state index in [-0.39, 0.29) is 6.42 Å². The molecule has 0 saturated carbocycles. The van der Waals surface area contributed by atoms with E-state index >= 15 is 0 Å². The molecular weight excluding hydrogens is 255 g/mol. The molecule has 0 aliphatic heterocycles. The molecule has 1 N–H and O–H groups in total. The van der Waals surface area contributed by atoms with Crippen molar-refractivity contribution in [3.63, 3.8) is 0 Å². The first-order valence-electron chi connectivity index (χ1n) is 3.74. The van der Waals surface area contributed by atoms with E-state index < -0.39 is 5.97 Å². The molecule has 0 aromatic heterocycles. The second-order valence-electron chi connectivity index (χ2n) is 2.67. The molecule has 1 aromatic rings. The predicted molar refractivity (Wildman–Crippen MR) is 55.1 cm³/mol. The third-order valence-electron chi connectivity index (χ3n) is 1.55. The molecular formula is C9H8BrClO2. The molecule has 0 saturated heterocycles. The molecule has 0 aliphatic carbocycles. The minimum absolute atomic E-state index is 0.132. The minimum atomic E-state index is -0.795. The zero-order valence-corrected chi connectivity index (χ0v) is 9.10. The van der Waals surface area contributed by atoms with Crippen LogP contribution in [0.15, 0.2) is 22.7 Å². The summed E-state index contributed by atoms with van der Waals surface area (Å²) < 4.78 is 0.875. The Bertz CT molecular complexity index is 305. The lowest BCUT2D eigenvalue weighted by Gasteiger charge is -2.00. The van der Waals surface area contributed by atoms with Gasteiger partial charge in [0.05, 0.1) is 0 Å². The van der Waals surface area contributed by atoms with E-state index in [1.807, 2.05) is 6.07 Å². The van der Waals surface area contributed by atoms with Crippen molar-refractivity contribution in [1.82, 2.24) is 0 Å². The van der Waals surface area contributed by atoms with Crippen LogP contribution >= 0.6 is 27.5 Å². The molecule has 0 unspecified atom stereocenters. The lowest BCUT2D eigenvalue weighted by molar-refractivity contribution is -0.136. The average Bonchev–Trinajstić information content (AvgIpc) is 1.99. The van der Waals surface area contributed by atoms with Crippen molar-refractivity contribution in [2.24, 2.45) is 0 Å². The van der Waals surface area contributed by atoms with Crippen LogP contribution in [0.4, 0.5) is 0 Å². The van der Waals surface area contributed by atoms with Crippen LogP contribution in [0.5, 0.6) is 0 Å². The number of carboxylic acid groups (broad SMARTS) is 1. The normalized spacial score (nSPS) is 10.0. The van der Waals surface area contributed by atoms with Gasteiger partial charge in [-0.05, 0) is 30.2 Å². The van der Waals surface area contributed by atoms with Crippen LogP contribution in [0.3, 0.4) is 0 Å². The van der Waals surface area contributed by atoms with Crippen molar-refractivity contribution in [3.05, 3.63) is 33.3 Å². The number of carbonyl (C=O) groups is 1. The molecule has 1 aromatic carbocycles. The Kier molecular flexibility index (Phi) is 3.75. The van der Waals surface area contributed by atoms with Crippen LogP contribution < -0.4 is 0 Å². The number of hydrogen-bond acceptors (Lipinski definition) is 1. The highest BCUT2D eigenvalue weighted by molar-refractivity contribution is 9.10. The fourth-order valence-electron chi connectivity index (χ4n) is 1.01. The van der Waals surface area contributed by atoms with E-state index in [0.717, 1.165) is 10.0 Å². The summed E-state index contributed by atoms with van der Waals surface area (Å²) in [5.41, 5.74) is 0.932. The van der Waals surface area contributed by atoms with Gasteiger partial charge in [0.1, 0.15) is 0 Å². The molecule has 0 fully saturated rings. The summed E-state index contributed by atoms with van der Waals surface area (Å²) in [5.74, 6) is -0.795. The number of hydrogen-bond donors (Lipinski definition) is 1. The number of benzene rings is 1. The minimum Gasteiger partial charge on any atom is -0.481 e. The fraction of sp³-hybridized carbons (Fsp3) is 0.222. The molecule has 0 heterocycles. The Hall–Kier alpha value is -0.540. The van der Waals surface area contributed by atoms with Crippen LogP contribution in [-0.4, -0.2) is 11.1 Å². The van der Waals surface area contributed by atoms with Crippen molar-refractivity contribution in [1.29, 1.82) is 0 Å². The highest BCUT2D eigenvalue weighted by Gasteiger charge is 2.01. The van der Waals surface area contributed by atoms with Gasteiger partial charge in [-0.1, -0.05) is 27.5 Å². The molecule has 0 radical (unpaired) electrons. The summed E-state index contributed by atoms with van der Waals surface area (Å²) in [6, 6.07) is 5.41. The third kappa shape index (κ3) is 3.79. The number of carboxylic acids is 1. The predicted octanol–water partition coefficient (Wildman–Crippen LogP) is 3.12. The van der Waals surface area contributed by atoms with Gasteiger partial charge in [0.15, 0.2) is 0 Å². The topological polar surface area (TPSA) is 37.3 Å². The maximum atomic E-state index is 10.3. The Morgan fingerprint density at radius 2 is 2.15 bits per heavy atom. The second-order valence-corrected chi connectivity index (χ2v) is 4.02. The van der Waals surface area contributed by atoms with Crippen LogP contribution in [-0.2, 0) is 11.2 Å². The van der Waals surface area contributed by atoms with Gasteiger partial charge in [-0.2, -0.15) is 0 Å². The second kappa shape index (κ2) is 4.63. The summed E-state index contributed by atoms with van der Waals surface area (Å²) >= 11 is 9.08. The van der Waals surface area contributed by atoms with Gasteiger partial charge in [0.25, 0.3) is 0 Å². The van der Waals surface area contributed by atoms with Crippen molar-refractivity contribution in [2.45, 2.75) is 12.8 Å². The van der Waals surface area contributed by atoms with Crippen molar-refractivity contribution >= 4 is 33.5 Å². The van der Waals surface area contributed by atoms with Crippen molar-refractivity contribution < 1.29 is 9.90 Å². The van der Waals surface area contributed by atoms with Gasteiger partial charge < -0.3 is 5.11 Å². The van der Waals surface area contributed by atoms with Gasteiger partial charge >= 0.3 is 5.97 Å². The summed E-state index contributed by atoms with van der Waals surface area (Å²) in [6.45, 7) is 0. The largest absolute Gasteiger partial charge is 0.481 e. The molecule has 13 heavy (non-hydrogen) atoms. The number of aryl methyl sites for hydroxylation is 1. The molecule has 0 spiro atoms. The Balaban J connectivity index is 2.71. The SMILES string of the molecule is O=C(O)CCc1cc(Cl)cc(Br)c1. The van der Waals surface area contributed by atoms with Gasteiger partial charge in [0.2, 0.25) is 0 Å². The monoisotopic (exact) mass is 262 g/mol. The number of halogens is 2. The molecule has 2 nitrogen and oxygen atoms in total. The summed E-state index contributed by atoms with van der Waals surface area (Å²) in [4.78, 5) is 10.3. The first-order chi connectivity index (χ1) is 6.08. The van der Waals surface area contributed by atoms with Crippen LogP contribution in [0.2, 0.25) is 5.02 Å². The summed E-state index contributed by atoms with van der Waals surface area (Å²) in [5, 5.41) is 9.09. The Morgan fingerprint density at radius 1 is 1.46 bits per heavy atom. The van der Waals surface area contributed by atoms with Crippen molar-refractivity contribution in [3.8, 4) is 0 Å². The average molecular weight is 264 g/mol. The van der Waals surface area contributed by atoms with E-state index in [0.29, 0.717) is 11.4 Å². The van der Waals surface area contributed by atoms with Crippen LogP contribution in [0, 0.1) is 0 Å². The van der Waals surface area contributed by atoms with Crippen molar-refractivity contribution in [2.75, 3.05) is 0 Å². The summed E-state index contributed by atoms with van der Waals surface area (Å²) in [7, 11) is 0. The van der Waals surface area contributed by atoms with Gasteiger partial charge in [-0.3, -0.25) is 4.79 Å².